The zero-order chi connectivity index (χ0) is 14.1. The van der Waals surface area contributed by atoms with Crippen LogP contribution in [0, 0.1) is 5.82 Å². The number of nitrogens with zero attached hydrogens (tertiary/aromatic N) is 1. The summed E-state index contributed by atoms with van der Waals surface area (Å²) in [5.41, 5.74) is 7.72. The molecule has 0 aliphatic carbocycles. The quantitative estimate of drug-likeness (QED) is 0.776. The molecule has 0 saturated carbocycles. The molecule has 5 heteroatoms. The smallest absolute Gasteiger partial charge is 0.127 e. The van der Waals surface area contributed by atoms with Gasteiger partial charge in [0, 0.05) is 6.07 Å². The molecule has 3 nitrogen and oxygen atoms in total. The van der Waals surface area contributed by atoms with Gasteiger partial charge in [-0.3, -0.25) is 0 Å². The van der Waals surface area contributed by atoms with E-state index in [9.17, 15) is 9.50 Å². The Hall–Kier alpha value is -1.98. The van der Waals surface area contributed by atoms with Crippen LogP contribution in [0.25, 0.3) is 10.2 Å². The molecule has 0 amide bonds. The summed E-state index contributed by atoms with van der Waals surface area (Å²) in [6.07, 6.45) is 0.436. The minimum Gasteiger partial charge on any atom is -0.508 e. The normalized spacial score (nSPS) is 12.7. The number of rotatable bonds is 3. The zero-order valence-electron chi connectivity index (χ0n) is 10.6. The summed E-state index contributed by atoms with van der Waals surface area (Å²) in [5, 5.41) is 10.2. The van der Waals surface area contributed by atoms with Crippen molar-refractivity contribution >= 4 is 21.6 Å². The summed E-state index contributed by atoms with van der Waals surface area (Å²) in [4.78, 5) is 4.49. The number of benzene rings is 2. The van der Waals surface area contributed by atoms with Crippen LogP contribution >= 0.6 is 11.3 Å². The van der Waals surface area contributed by atoms with E-state index >= 15 is 0 Å². The molecular formula is C15H13FN2OS. The van der Waals surface area contributed by atoms with Gasteiger partial charge in [-0.15, -0.1) is 11.3 Å². The highest BCUT2D eigenvalue weighted by Gasteiger charge is 2.13. The van der Waals surface area contributed by atoms with Crippen molar-refractivity contribution in [3.8, 4) is 5.75 Å². The molecule has 3 rings (SSSR count). The molecule has 0 aliphatic rings. The van der Waals surface area contributed by atoms with E-state index in [1.165, 1.54) is 12.1 Å². The molecule has 1 heterocycles. The molecule has 0 bridgehead atoms. The molecule has 3 aromatic rings. The summed E-state index contributed by atoms with van der Waals surface area (Å²) in [6.45, 7) is 0. The van der Waals surface area contributed by atoms with Crippen molar-refractivity contribution in [3.63, 3.8) is 0 Å². The van der Waals surface area contributed by atoms with Crippen LogP contribution in [0.2, 0.25) is 0 Å². The molecule has 1 aromatic heterocycles. The Morgan fingerprint density at radius 1 is 1.25 bits per heavy atom. The Morgan fingerprint density at radius 2 is 2.05 bits per heavy atom. The second-order valence-corrected chi connectivity index (χ2v) is 5.71. The first-order valence-corrected chi connectivity index (χ1v) is 7.03. The first-order chi connectivity index (χ1) is 9.61. The fourth-order valence-electron chi connectivity index (χ4n) is 2.14. The van der Waals surface area contributed by atoms with Gasteiger partial charge in [-0.25, -0.2) is 9.37 Å². The molecule has 3 N–H and O–H groups in total. The topological polar surface area (TPSA) is 59.1 Å². The Morgan fingerprint density at radius 3 is 2.80 bits per heavy atom. The number of aromatic hydroxyl groups is 1. The lowest BCUT2D eigenvalue weighted by Gasteiger charge is -2.08. The van der Waals surface area contributed by atoms with Crippen molar-refractivity contribution in [1.29, 1.82) is 0 Å². The number of phenols is 1. The number of nitrogens with two attached hydrogens (primary N) is 1. The average molecular weight is 288 g/mol. The highest BCUT2D eigenvalue weighted by Crippen LogP contribution is 2.27. The SMILES string of the molecule is NC(Cc1cc(O)cc(F)c1)c1nc2ccccc2s1. The van der Waals surface area contributed by atoms with Crippen LogP contribution in [-0.4, -0.2) is 10.1 Å². The second kappa shape index (κ2) is 5.19. The first kappa shape index (κ1) is 13.0. The standard InChI is InChI=1S/C15H13FN2OS/c16-10-5-9(6-11(19)8-10)7-12(17)15-18-13-3-1-2-4-14(13)20-15/h1-6,8,12,19H,7,17H2. The molecule has 0 spiro atoms. The lowest BCUT2D eigenvalue weighted by atomic mass is 10.1. The fourth-order valence-corrected chi connectivity index (χ4v) is 3.11. The molecule has 0 fully saturated rings. The van der Waals surface area contributed by atoms with Gasteiger partial charge in [-0.1, -0.05) is 12.1 Å². The highest BCUT2D eigenvalue weighted by molar-refractivity contribution is 7.18. The summed E-state index contributed by atoms with van der Waals surface area (Å²) in [6, 6.07) is 11.5. The summed E-state index contributed by atoms with van der Waals surface area (Å²) >= 11 is 1.54. The number of fused-ring (bicyclic) bond motifs is 1. The van der Waals surface area contributed by atoms with Crippen LogP contribution in [0.15, 0.2) is 42.5 Å². The largest absolute Gasteiger partial charge is 0.508 e. The van der Waals surface area contributed by atoms with Crippen LogP contribution in [-0.2, 0) is 6.42 Å². The van der Waals surface area contributed by atoms with Crippen LogP contribution < -0.4 is 5.73 Å². The number of thiazole rings is 1. The van der Waals surface area contributed by atoms with Gasteiger partial charge in [0.2, 0.25) is 0 Å². The Kier molecular flexibility index (Phi) is 3.38. The summed E-state index contributed by atoms with van der Waals surface area (Å²) < 4.78 is 14.3. The average Bonchev–Trinajstić information content (AvgIpc) is 2.81. The number of aromatic nitrogens is 1. The van der Waals surface area contributed by atoms with Crippen molar-refractivity contribution in [2.75, 3.05) is 0 Å². The molecule has 102 valence electrons. The van der Waals surface area contributed by atoms with Crippen molar-refractivity contribution in [2.45, 2.75) is 12.5 Å². The van der Waals surface area contributed by atoms with Crippen molar-refractivity contribution in [3.05, 3.63) is 58.9 Å². The predicted molar refractivity (Wildman–Crippen MR) is 78.3 cm³/mol. The monoisotopic (exact) mass is 288 g/mol. The lowest BCUT2D eigenvalue weighted by Crippen LogP contribution is -2.13. The number of phenolic OH excluding ortho intramolecular Hbond substituents is 1. The molecule has 20 heavy (non-hydrogen) atoms. The van der Waals surface area contributed by atoms with Crippen LogP contribution in [0.5, 0.6) is 5.75 Å². The summed E-state index contributed by atoms with van der Waals surface area (Å²) in [5.74, 6) is -0.548. The third-order valence-electron chi connectivity index (χ3n) is 3.03. The van der Waals surface area contributed by atoms with Gasteiger partial charge in [0.25, 0.3) is 0 Å². The van der Waals surface area contributed by atoms with Crippen molar-refractivity contribution in [2.24, 2.45) is 5.73 Å². The van der Waals surface area contributed by atoms with Gasteiger partial charge in [-0.2, -0.15) is 0 Å². The molecule has 1 atom stereocenters. The Bertz CT molecular complexity index is 703. The number of para-hydroxylation sites is 1. The predicted octanol–water partition coefficient (Wildman–Crippen LogP) is 3.38. The van der Waals surface area contributed by atoms with Crippen molar-refractivity contribution < 1.29 is 9.50 Å². The highest BCUT2D eigenvalue weighted by atomic mass is 32.1. The van der Waals surface area contributed by atoms with Gasteiger partial charge in [-0.05, 0) is 36.2 Å². The minimum atomic E-state index is -0.462. The third-order valence-corrected chi connectivity index (χ3v) is 4.19. The first-order valence-electron chi connectivity index (χ1n) is 6.21. The molecule has 0 radical (unpaired) electrons. The van der Waals surface area contributed by atoms with E-state index in [-0.39, 0.29) is 11.8 Å². The van der Waals surface area contributed by atoms with Crippen LogP contribution in [0.3, 0.4) is 0 Å². The summed E-state index contributed by atoms with van der Waals surface area (Å²) in [7, 11) is 0. The maximum absolute atomic E-state index is 13.2. The molecule has 0 saturated heterocycles. The van der Waals surface area contributed by atoms with E-state index in [4.69, 9.17) is 5.73 Å². The maximum atomic E-state index is 13.2. The van der Waals surface area contributed by atoms with E-state index < -0.39 is 5.82 Å². The van der Waals surface area contributed by atoms with Crippen LogP contribution in [0.4, 0.5) is 4.39 Å². The minimum absolute atomic E-state index is 0.0866. The van der Waals surface area contributed by atoms with E-state index in [2.05, 4.69) is 4.98 Å². The Balaban J connectivity index is 1.86. The van der Waals surface area contributed by atoms with E-state index in [1.807, 2.05) is 24.3 Å². The van der Waals surface area contributed by atoms with Gasteiger partial charge >= 0.3 is 0 Å². The van der Waals surface area contributed by atoms with E-state index in [0.29, 0.717) is 12.0 Å². The number of halogens is 1. The maximum Gasteiger partial charge on any atom is 0.127 e. The third kappa shape index (κ3) is 2.64. The molecule has 2 aromatic carbocycles. The Labute approximate surface area is 119 Å². The van der Waals surface area contributed by atoms with Gasteiger partial charge in [0.1, 0.15) is 16.6 Å². The van der Waals surface area contributed by atoms with Gasteiger partial charge < -0.3 is 10.8 Å². The molecule has 1 unspecified atom stereocenters. The van der Waals surface area contributed by atoms with Gasteiger partial charge in [0.05, 0.1) is 16.3 Å². The number of hydrogen-bond donors (Lipinski definition) is 2. The van der Waals surface area contributed by atoms with Crippen molar-refractivity contribution in [1.82, 2.24) is 4.98 Å². The molecule has 0 aliphatic heterocycles. The van der Waals surface area contributed by atoms with E-state index in [1.54, 1.807) is 11.3 Å². The van der Waals surface area contributed by atoms with Gasteiger partial charge in [0.15, 0.2) is 0 Å². The van der Waals surface area contributed by atoms with E-state index in [0.717, 1.165) is 21.3 Å². The number of hydrogen-bond acceptors (Lipinski definition) is 4. The lowest BCUT2D eigenvalue weighted by molar-refractivity contribution is 0.467. The molecular weight excluding hydrogens is 275 g/mol. The van der Waals surface area contributed by atoms with Crippen LogP contribution in [0.1, 0.15) is 16.6 Å². The fraction of sp³-hybridized carbons (Fsp3) is 0.133. The second-order valence-electron chi connectivity index (χ2n) is 4.65. The zero-order valence-corrected chi connectivity index (χ0v) is 11.4.